The number of anilines is 1. The van der Waals surface area contributed by atoms with Gasteiger partial charge in [0.1, 0.15) is 5.75 Å². The quantitative estimate of drug-likeness (QED) is 0.103. The van der Waals surface area contributed by atoms with E-state index in [1.807, 2.05) is 60.7 Å². The number of nitrogens with zero attached hydrogens (tertiary/aromatic N) is 1. The zero-order valence-electron chi connectivity index (χ0n) is 26.1. The number of imide groups is 1. The molecule has 0 radical (unpaired) electrons. The normalized spacial score (nSPS) is 24.1. The molecular formula is C41H27Cl2NO5. The lowest BCUT2D eigenvalue weighted by Crippen LogP contribution is -2.45. The minimum atomic E-state index is -1.57. The number of hydrogen-bond donors (Lipinski definition) is 0. The molecule has 49 heavy (non-hydrogen) atoms. The first-order valence-corrected chi connectivity index (χ1v) is 16.6. The van der Waals surface area contributed by atoms with Crippen LogP contribution in [-0.4, -0.2) is 23.6 Å². The number of halogens is 2. The Morgan fingerprint density at radius 1 is 0.592 bits per heavy atom. The minimum absolute atomic E-state index is 0.246. The van der Waals surface area contributed by atoms with Crippen molar-refractivity contribution in [3.63, 3.8) is 0 Å². The number of hydrogen-bond acceptors (Lipinski definition) is 5. The summed E-state index contributed by atoms with van der Waals surface area (Å²) in [6.45, 7) is 1.30. The van der Waals surface area contributed by atoms with Crippen molar-refractivity contribution in [1.82, 2.24) is 0 Å². The second kappa shape index (κ2) is 11.4. The van der Waals surface area contributed by atoms with Gasteiger partial charge in [0.05, 0.1) is 28.4 Å². The highest BCUT2D eigenvalue weighted by atomic mass is 35.5. The van der Waals surface area contributed by atoms with E-state index in [0.29, 0.717) is 38.0 Å². The van der Waals surface area contributed by atoms with Crippen LogP contribution in [0.25, 0.3) is 11.1 Å². The lowest BCUT2D eigenvalue weighted by molar-refractivity contribution is -0.132. The Morgan fingerprint density at radius 3 is 1.39 bits per heavy atom. The fourth-order valence-corrected chi connectivity index (χ4v) is 8.69. The highest BCUT2D eigenvalue weighted by molar-refractivity contribution is 6.39. The van der Waals surface area contributed by atoms with Crippen LogP contribution >= 0.6 is 23.2 Å². The van der Waals surface area contributed by atoms with Crippen molar-refractivity contribution in [2.75, 3.05) is 4.90 Å². The Labute approximate surface area is 292 Å². The summed E-state index contributed by atoms with van der Waals surface area (Å²) in [6.07, 6.45) is 0. The summed E-state index contributed by atoms with van der Waals surface area (Å²) in [5, 5.41) is 0.946. The molecule has 2 bridgehead atoms. The van der Waals surface area contributed by atoms with Gasteiger partial charge in [-0.05, 0) is 81.9 Å². The predicted octanol–water partition coefficient (Wildman–Crippen LogP) is 8.11. The first-order valence-electron chi connectivity index (χ1n) is 15.8. The maximum atomic E-state index is 16.0. The van der Waals surface area contributed by atoms with Crippen molar-refractivity contribution in [3.8, 4) is 5.75 Å². The molecule has 2 fully saturated rings. The van der Waals surface area contributed by atoms with Crippen LogP contribution in [0.1, 0.15) is 29.2 Å². The zero-order chi connectivity index (χ0) is 34.1. The van der Waals surface area contributed by atoms with Gasteiger partial charge in [0.15, 0.2) is 5.78 Å². The first kappa shape index (κ1) is 31.0. The van der Waals surface area contributed by atoms with Crippen LogP contribution in [0.2, 0.25) is 10.0 Å². The van der Waals surface area contributed by atoms with Gasteiger partial charge in [-0.3, -0.25) is 19.2 Å². The third-order valence-electron chi connectivity index (χ3n) is 10.1. The highest BCUT2D eigenvalue weighted by Crippen LogP contribution is 2.74. The molecule has 1 aliphatic heterocycles. The number of ether oxygens (including phenoxy) is 1. The van der Waals surface area contributed by atoms with E-state index in [0.717, 1.165) is 11.1 Å². The number of carbonyl (C=O) groups is 4. The smallest absolute Gasteiger partial charge is 0.308 e. The summed E-state index contributed by atoms with van der Waals surface area (Å²) >= 11 is 12.8. The molecular weight excluding hydrogens is 657 g/mol. The van der Waals surface area contributed by atoms with Crippen LogP contribution in [0.4, 0.5) is 5.69 Å². The van der Waals surface area contributed by atoms with Crippen LogP contribution in [-0.2, 0) is 30.0 Å². The van der Waals surface area contributed by atoms with Gasteiger partial charge in [0.2, 0.25) is 11.8 Å². The number of Topliss-reactive ketones (excluding diaryl/α,β-unsaturated/α-hetero) is 1. The summed E-state index contributed by atoms with van der Waals surface area (Å²) in [7, 11) is 0. The number of rotatable bonds is 6. The number of allylic oxidation sites excluding steroid dienone is 2. The van der Waals surface area contributed by atoms with Gasteiger partial charge in [-0.15, -0.1) is 0 Å². The Bertz CT molecular complexity index is 2070. The molecule has 0 spiro atoms. The van der Waals surface area contributed by atoms with Crippen molar-refractivity contribution in [2.24, 2.45) is 11.8 Å². The fraction of sp³-hybridized carbons (Fsp3) is 0.122. The maximum absolute atomic E-state index is 16.0. The summed E-state index contributed by atoms with van der Waals surface area (Å²) in [6, 6.07) is 39.5. The lowest BCUT2D eigenvalue weighted by Gasteiger charge is -2.39. The molecule has 8 rings (SSSR count). The van der Waals surface area contributed by atoms with Gasteiger partial charge in [-0.25, -0.2) is 4.90 Å². The molecule has 2 amide bonds. The molecule has 1 saturated heterocycles. The Hall–Kier alpha value is -5.30. The van der Waals surface area contributed by atoms with Gasteiger partial charge in [0, 0.05) is 17.0 Å². The summed E-state index contributed by atoms with van der Waals surface area (Å²) in [5.41, 5.74) is 1.21. The minimum Gasteiger partial charge on any atom is -0.427 e. The fourth-order valence-electron chi connectivity index (χ4n) is 8.44. The van der Waals surface area contributed by atoms with E-state index in [-0.39, 0.29) is 11.5 Å². The van der Waals surface area contributed by atoms with Crippen molar-refractivity contribution in [1.29, 1.82) is 0 Å². The van der Waals surface area contributed by atoms with Gasteiger partial charge in [0.25, 0.3) is 0 Å². The number of carbonyl (C=O) groups excluding carboxylic acids is 4. The molecule has 8 heteroatoms. The standard InChI is InChI=1S/C41H27Cl2NO5/c1-24(45)49-32-22-20-31(21-23-32)44-37(46)35-36(38(44)47)41(28-14-18-30(43)19-15-28)34(26-10-6-3-7-11-26)33(25-8-4-2-5-9-25)40(35,39(41)48)27-12-16-29(42)17-13-27/h2-23,35-36H,1H3/t35-,36+,40-,41-/m0/s1. The third kappa shape index (κ3) is 4.27. The van der Waals surface area contributed by atoms with E-state index in [9.17, 15) is 4.79 Å². The lowest BCUT2D eigenvalue weighted by atomic mass is 9.59. The largest absolute Gasteiger partial charge is 0.427 e. The average molecular weight is 685 g/mol. The average Bonchev–Trinajstić information content (AvgIpc) is 3.62. The molecule has 3 aliphatic rings. The van der Waals surface area contributed by atoms with Gasteiger partial charge < -0.3 is 4.74 Å². The molecule has 6 nitrogen and oxygen atoms in total. The van der Waals surface area contributed by atoms with Crippen LogP contribution < -0.4 is 9.64 Å². The summed E-state index contributed by atoms with van der Waals surface area (Å²) in [4.78, 5) is 58.9. The van der Waals surface area contributed by atoms with Crippen LogP contribution in [0.3, 0.4) is 0 Å². The van der Waals surface area contributed by atoms with Crippen LogP contribution in [0, 0.1) is 11.8 Å². The van der Waals surface area contributed by atoms with E-state index >= 15 is 14.4 Å². The van der Waals surface area contributed by atoms with E-state index in [1.54, 1.807) is 60.7 Å². The third-order valence-corrected chi connectivity index (χ3v) is 10.6. The summed E-state index contributed by atoms with van der Waals surface area (Å²) < 4.78 is 5.21. The number of esters is 1. The highest BCUT2D eigenvalue weighted by Gasteiger charge is 2.82. The molecule has 240 valence electrons. The molecule has 0 aromatic heterocycles. The zero-order valence-corrected chi connectivity index (χ0v) is 27.6. The Kier molecular flexibility index (Phi) is 7.21. The predicted molar refractivity (Wildman–Crippen MR) is 188 cm³/mol. The topological polar surface area (TPSA) is 80.8 Å². The van der Waals surface area contributed by atoms with Gasteiger partial charge in [-0.1, -0.05) is 108 Å². The van der Waals surface area contributed by atoms with Gasteiger partial charge in [-0.2, -0.15) is 0 Å². The molecule has 0 N–H and O–H groups in total. The van der Waals surface area contributed by atoms with Crippen molar-refractivity contribution >= 4 is 63.6 Å². The molecule has 5 aromatic carbocycles. The molecule has 1 heterocycles. The molecule has 2 aliphatic carbocycles. The van der Waals surface area contributed by atoms with Gasteiger partial charge >= 0.3 is 5.97 Å². The van der Waals surface area contributed by atoms with Crippen LogP contribution in [0.15, 0.2) is 133 Å². The van der Waals surface area contributed by atoms with Crippen molar-refractivity contribution in [2.45, 2.75) is 17.8 Å². The Balaban J connectivity index is 1.49. The SMILES string of the molecule is CC(=O)Oc1ccc(N2C(=O)[C@@H]3[C@H](C2=O)[C@@]2(c4ccc(Cl)cc4)C(=O)[C@@]3(c3ccc(Cl)cc3)C(c3ccccc3)=C2c2ccccc2)cc1. The van der Waals surface area contributed by atoms with E-state index in [4.69, 9.17) is 27.9 Å². The monoisotopic (exact) mass is 683 g/mol. The number of fused-ring (bicyclic) bond motifs is 5. The molecule has 1 saturated carbocycles. The second-order valence-corrected chi connectivity index (χ2v) is 13.4. The van der Waals surface area contributed by atoms with E-state index in [2.05, 4.69) is 0 Å². The Morgan fingerprint density at radius 2 is 1.00 bits per heavy atom. The molecule has 5 aromatic rings. The number of ketones is 1. The maximum Gasteiger partial charge on any atom is 0.308 e. The molecule has 0 unspecified atom stereocenters. The number of benzene rings is 5. The first-order chi connectivity index (χ1) is 23.7. The van der Waals surface area contributed by atoms with E-state index < -0.39 is 40.4 Å². The van der Waals surface area contributed by atoms with Crippen LogP contribution in [0.5, 0.6) is 5.75 Å². The van der Waals surface area contributed by atoms with E-state index in [1.165, 1.54) is 24.0 Å². The number of amides is 2. The van der Waals surface area contributed by atoms with Crippen molar-refractivity contribution in [3.05, 3.63) is 166 Å². The van der Waals surface area contributed by atoms with Crippen molar-refractivity contribution < 1.29 is 23.9 Å². The summed E-state index contributed by atoms with van der Waals surface area (Å²) in [5.74, 6) is -3.64. The molecule has 4 atom stereocenters. The second-order valence-electron chi connectivity index (χ2n) is 12.5.